The van der Waals surface area contributed by atoms with Crippen molar-refractivity contribution in [2.75, 3.05) is 4.90 Å². The molecule has 0 spiro atoms. The van der Waals surface area contributed by atoms with Crippen LogP contribution >= 0.6 is 0 Å². The van der Waals surface area contributed by atoms with Crippen molar-refractivity contribution in [3.63, 3.8) is 0 Å². The van der Waals surface area contributed by atoms with Gasteiger partial charge in [-0.25, -0.2) is 0 Å². The van der Waals surface area contributed by atoms with Crippen molar-refractivity contribution in [3.05, 3.63) is 285 Å². The molecule has 12 rings (SSSR count). The largest absolute Gasteiger partial charge is 0.311 e. The topological polar surface area (TPSA) is 3.24 Å². The van der Waals surface area contributed by atoms with E-state index in [0.29, 0.717) is 16.8 Å². The molecular formula is C68H47N. The fourth-order valence-corrected chi connectivity index (χ4v) is 9.32. The minimum Gasteiger partial charge on any atom is -0.311 e. The summed E-state index contributed by atoms with van der Waals surface area (Å²) in [7, 11) is 0. The van der Waals surface area contributed by atoms with Gasteiger partial charge in [-0.2, -0.15) is 0 Å². The molecule has 0 aromatic heterocycles. The monoisotopic (exact) mass is 885 g/mol. The smallest absolute Gasteiger partial charge is 0.0645 e. The zero-order valence-corrected chi connectivity index (χ0v) is 37.5. The van der Waals surface area contributed by atoms with Crippen LogP contribution in [0.25, 0.3) is 99.4 Å². The first kappa shape index (κ1) is 33.4. The molecule has 0 aliphatic rings. The van der Waals surface area contributed by atoms with Gasteiger partial charge < -0.3 is 4.90 Å². The number of anilines is 3. The van der Waals surface area contributed by atoms with E-state index in [-0.39, 0.29) is 46.7 Å². The second kappa shape index (κ2) is 18.3. The molecule has 0 unspecified atom stereocenters. The fraction of sp³-hybridized carbons (Fsp3) is 0. The molecule has 69 heavy (non-hydrogen) atoms. The Balaban J connectivity index is 1.03. The highest BCUT2D eigenvalue weighted by Gasteiger charge is 2.17. The van der Waals surface area contributed by atoms with Crippen LogP contribution in [0.4, 0.5) is 17.1 Å². The fourth-order valence-electron chi connectivity index (χ4n) is 9.32. The molecule has 0 atom stereocenters. The Morgan fingerprint density at radius 2 is 0.652 bits per heavy atom. The van der Waals surface area contributed by atoms with Crippen LogP contribution in [0.5, 0.6) is 0 Å². The van der Waals surface area contributed by atoms with Gasteiger partial charge in [0.15, 0.2) is 0 Å². The molecule has 0 bridgehead atoms. The molecule has 1 nitrogen and oxygen atoms in total. The molecule has 1 heteroatoms. The second-order valence-corrected chi connectivity index (χ2v) is 17.0. The van der Waals surface area contributed by atoms with Gasteiger partial charge >= 0.3 is 0 Å². The zero-order valence-electron chi connectivity index (χ0n) is 45.5. The maximum Gasteiger partial charge on any atom is 0.0645 e. The van der Waals surface area contributed by atoms with Crippen LogP contribution in [0.15, 0.2) is 285 Å². The molecule has 0 radical (unpaired) electrons. The van der Waals surface area contributed by atoms with Crippen LogP contribution in [0.1, 0.15) is 11.0 Å². The first-order chi connectivity index (χ1) is 37.5. The summed E-state index contributed by atoms with van der Waals surface area (Å²) >= 11 is 0. The number of fused-ring (bicyclic) bond motifs is 2. The van der Waals surface area contributed by atoms with Crippen molar-refractivity contribution in [1.82, 2.24) is 0 Å². The summed E-state index contributed by atoms with van der Waals surface area (Å²) in [6.45, 7) is 0. The van der Waals surface area contributed by atoms with Crippen LogP contribution in [-0.2, 0) is 0 Å². The van der Waals surface area contributed by atoms with Gasteiger partial charge in [-0.15, -0.1) is 0 Å². The summed E-state index contributed by atoms with van der Waals surface area (Å²) in [6.07, 6.45) is 0. The maximum absolute atomic E-state index is 9.92. The average Bonchev–Trinajstić information content (AvgIpc) is 3.55. The van der Waals surface area contributed by atoms with Crippen molar-refractivity contribution in [1.29, 1.82) is 0 Å². The SMILES string of the molecule is [2H]c1c([2H])c(N(c2ccc(-c3ccc(-c4ccccc4)c(-c4ccccc4)c3)cc2)c2c([2H])c([2H])c(-c3c(-c4ccccc4)ccc4ccccc34)c([2H])c2[2H])c([2H])c([2H])c1-c1ccc(-c2ccc3ccccc3c2)cc1. The molecule has 0 saturated carbocycles. The van der Waals surface area contributed by atoms with Crippen LogP contribution in [0.2, 0.25) is 0 Å². The summed E-state index contributed by atoms with van der Waals surface area (Å²) in [4.78, 5) is 1.37. The lowest BCUT2D eigenvalue weighted by atomic mass is 9.89. The van der Waals surface area contributed by atoms with Crippen molar-refractivity contribution < 1.29 is 11.0 Å². The van der Waals surface area contributed by atoms with Crippen molar-refractivity contribution in [2.24, 2.45) is 0 Å². The van der Waals surface area contributed by atoms with Crippen molar-refractivity contribution in [3.8, 4) is 77.9 Å². The molecule has 0 aliphatic heterocycles. The first-order valence-electron chi connectivity index (χ1n) is 27.1. The lowest BCUT2D eigenvalue weighted by Crippen LogP contribution is -2.09. The maximum atomic E-state index is 9.92. The van der Waals surface area contributed by atoms with Crippen LogP contribution < -0.4 is 4.90 Å². The minimum atomic E-state index is -0.411. The number of hydrogen-bond acceptors (Lipinski definition) is 1. The molecule has 12 aromatic carbocycles. The van der Waals surface area contributed by atoms with E-state index in [1.165, 1.54) is 4.90 Å². The van der Waals surface area contributed by atoms with Gasteiger partial charge in [-0.05, 0) is 148 Å². The molecule has 0 heterocycles. The second-order valence-electron chi connectivity index (χ2n) is 17.0. The minimum absolute atomic E-state index is 0.0941. The van der Waals surface area contributed by atoms with Gasteiger partial charge in [0, 0.05) is 17.1 Å². The Morgan fingerprint density at radius 3 is 1.28 bits per heavy atom. The van der Waals surface area contributed by atoms with Crippen LogP contribution in [0.3, 0.4) is 0 Å². The third-order valence-corrected chi connectivity index (χ3v) is 12.8. The standard InChI is InChI=1S/C68H47N/c1-4-15-53(16-5-1)64-44-37-60(47-67(64)55-19-8-3-9-20-55)52-32-40-62(41-33-52)69(61-38-30-50(31-39-61)49-24-26-51(27-25-49)59-29-28-48-14-10-11-22-58(48)46-59)63-42-34-57(35-43-63)68-65-23-13-12-21-56(65)36-45-66(68)54-17-6-2-7-18-54/h1-47H/i30D,31D,34D,35D,38D,39D,42D,43D. The Morgan fingerprint density at radius 1 is 0.232 bits per heavy atom. The molecule has 0 N–H and O–H groups in total. The van der Waals surface area contributed by atoms with E-state index in [0.717, 1.165) is 77.2 Å². The number of hydrogen-bond donors (Lipinski definition) is 0. The Kier molecular flexibility index (Phi) is 8.88. The van der Waals surface area contributed by atoms with Gasteiger partial charge in [0.1, 0.15) is 0 Å². The Labute approximate surface area is 415 Å². The van der Waals surface area contributed by atoms with E-state index in [4.69, 9.17) is 0 Å². The lowest BCUT2D eigenvalue weighted by molar-refractivity contribution is 1.28. The Bertz CT molecular complexity index is 4160. The molecule has 12 aromatic rings. The van der Waals surface area contributed by atoms with Gasteiger partial charge in [0.2, 0.25) is 0 Å². The van der Waals surface area contributed by atoms with E-state index in [1.54, 1.807) is 24.3 Å². The number of rotatable bonds is 10. The predicted octanol–water partition coefficient (Wildman–Crippen LogP) is 19.1. The summed E-state index contributed by atoms with van der Waals surface area (Å²) in [5.41, 5.74) is 10.6. The molecule has 0 saturated heterocycles. The highest BCUT2D eigenvalue weighted by molar-refractivity contribution is 6.04. The third-order valence-electron chi connectivity index (χ3n) is 12.8. The molecule has 0 aliphatic carbocycles. The van der Waals surface area contributed by atoms with Crippen molar-refractivity contribution >= 4 is 38.6 Å². The zero-order chi connectivity index (χ0) is 52.9. The first-order valence-corrected chi connectivity index (χ1v) is 23.1. The number of benzene rings is 12. The third kappa shape index (κ3) is 8.28. The van der Waals surface area contributed by atoms with Gasteiger partial charge in [-0.1, -0.05) is 236 Å². The molecule has 0 fully saturated rings. The predicted molar refractivity (Wildman–Crippen MR) is 294 cm³/mol. The van der Waals surface area contributed by atoms with Gasteiger partial charge in [0.05, 0.1) is 11.0 Å². The van der Waals surface area contributed by atoms with E-state index < -0.39 is 24.2 Å². The quantitative estimate of drug-likeness (QED) is 0.132. The van der Waals surface area contributed by atoms with E-state index in [1.807, 2.05) is 140 Å². The van der Waals surface area contributed by atoms with E-state index in [2.05, 4.69) is 72.8 Å². The molecule has 324 valence electrons. The molecular weight excluding hydrogens is 831 g/mol. The highest BCUT2D eigenvalue weighted by atomic mass is 15.1. The summed E-state index contributed by atoms with van der Waals surface area (Å²) < 4.78 is 78.3. The van der Waals surface area contributed by atoms with E-state index in [9.17, 15) is 11.0 Å². The van der Waals surface area contributed by atoms with Gasteiger partial charge in [-0.3, -0.25) is 0 Å². The van der Waals surface area contributed by atoms with Gasteiger partial charge in [0.25, 0.3) is 0 Å². The van der Waals surface area contributed by atoms with E-state index >= 15 is 0 Å². The molecule has 0 amide bonds. The van der Waals surface area contributed by atoms with Crippen molar-refractivity contribution in [2.45, 2.75) is 0 Å². The van der Waals surface area contributed by atoms with Crippen LogP contribution in [-0.4, -0.2) is 0 Å². The summed E-state index contributed by atoms with van der Waals surface area (Å²) in [5, 5.41) is 3.84. The Hall–Kier alpha value is -9.04. The lowest BCUT2D eigenvalue weighted by Gasteiger charge is -2.26. The van der Waals surface area contributed by atoms with Crippen LogP contribution in [0, 0.1) is 0 Å². The average molecular weight is 886 g/mol. The normalized spacial score (nSPS) is 12.8. The highest BCUT2D eigenvalue weighted by Crippen LogP contribution is 2.43. The number of nitrogens with zero attached hydrogens (tertiary/aromatic N) is 1. The summed E-state index contributed by atoms with van der Waals surface area (Å²) in [6, 6.07) is 74.3. The summed E-state index contributed by atoms with van der Waals surface area (Å²) in [5.74, 6) is 0.